The lowest BCUT2D eigenvalue weighted by atomic mass is 9.73. The molecule has 0 aliphatic heterocycles. The van der Waals surface area contributed by atoms with Gasteiger partial charge in [-0.3, -0.25) is 4.79 Å². The van der Waals surface area contributed by atoms with Crippen LogP contribution >= 0.6 is 15.9 Å². The van der Waals surface area contributed by atoms with Gasteiger partial charge in [-0.1, -0.05) is 71.2 Å². The molecule has 1 saturated carbocycles. The fourth-order valence-electron chi connectivity index (χ4n) is 3.42. The molecule has 0 heterocycles. The van der Waals surface area contributed by atoms with E-state index in [-0.39, 0.29) is 5.41 Å². The van der Waals surface area contributed by atoms with Gasteiger partial charge in [-0.2, -0.15) is 0 Å². The maximum Gasteiger partial charge on any atom is 0.147 e. The van der Waals surface area contributed by atoms with Crippen molar-refractivity contribution >= 4 is 21.7 Å². The number of benzene rings is 2. The Labute approximate surface area is 134 Å². The summed E-state index contributed by atoms with van der Waals surface area (Å²) in [6, 6.07) is 18.4. The van der Waals surface area contributed by atoms with E-state index in [4.69, 9.17) is 0 Å². The number of rotatable bonds is 4. The minimum Gasteiger partial charge on any atom is -0.298 e. The van der Waals surface area contributed by atoms with Crippen LogP contribution in [0.1, 0.15) is 36.8 Å². The van der Waals surface area contributed by atoms with Gasteiger partial charge in [0.15, 0.2) is 0 Å². The zero-order valence-electron chi connectivity index (χ0n) is 12.0. The van der Waals surface area contributed by atoms with Gasteiger partial charge in [0.05, 0.1) is 5.41 Å². The summed E-state index contributed by atoms with van der Waals surface area (Å²) < 4.78 is 1.05. The van der Waals surface area contributed by atoms with E-state index in [9.17, 15) is 4.79 Å². The highest BCUT2D eigenvalue weighted by Gasteiger charge is 2.41. The van der Waals surface area contributed by atoms with E-state index in [2.05, 4.69) is 28.1 Å². The molecule has 2 aromatic rings. The number of Topliss-reactive ketones (excluding diaryl/α,β-unsaturated/α-hetero) is 1. The quantitative estimate of drug-likeness (QED) is 0.757. The molecule has 0 aromatic heterocycles. The van der Waals surface area contributed by atoms with E-state index in [1.165, 1.54) is 5.56 Å². The summed E-state index contributed by atoms with van der Waals surface area (Å²) >= 11 is 3.44. The molecule has 1 aliphatic rings. The van der Waals surface area contributed by atoms with Crippen molar-refractivity contribution < 1.29 is 4.79 Å². The predicted molar refractivity (Wildman–Crippen MR) is 89.4 cm³/mol. The summed E-state index contributed by atoms with van der Waals surface area (Å²) in [4.78, 5) is 13.0. The van der Waals surface area contributed by atoms with Crippen molar-refractivity contribution in [1.82, 2.24) is 0 Å². The van der Waals surface area contributed by atoms with Gasteiger partial charge in [-0.15, -0.1) is 0 Å². The number of carbonyl (C=O) groups is 1. The zero-order chi connectivity index (χ0) is 14.7. The predicted octanol–water partition coefficient (Wildman–Crippen LogP) is 5.07. The molecule has 2 heteroatoms. The van der Waals surface area contributed by atoms with Crippen LogP contribution in [0.2, 0.25) is 0 Å². The Kier molecular flexibility index (Phi) is 4.25. The van der Waals surface area contributed by atoms with Gasteiger partial charge >= 0.3 is 0 Å². The lowest BCUT2D eigenvalue weighted by Crippen LogP contribution is -2.34. The second-order valence-corrected chi connectivity index (χ2v) is 6.80. The molecule has 1 fully saturated rings. The van der Waals surface area contributed by atoms with Crippen molar-refractivity contribution in [3.63, 3.8) is 0 Å². The van der Waals surface area contributed by atoms with Crippen LogP contribution in [0.15, 0.2) is 59.1 Å². The summed E-state index contributed by atoms with van der Waals surface area (Å²) in [6.07, 6.45) is 4.82. The summed E-state index contributed by atoms with van der Waals surface area (Å²) in [5, 5.41) is 0. The summed E-state index contributed by atoms with van der Waals surface area (Å²) in [5.41, 5.74) is 2.05. The smallest absolute Gasteiger partial charge is 0.147 e. The zero-order valence-corrected chi connectivity index (χ0v) is 13.6. The maximum absolute atomic E-state index is 13.0. The molecular formula is C19H19BrO. The number of carbonyl (C=O) groups excluding carboxylic acids is 1. The molecule has 0 bridgehead atoms. The Bertz CT molecular complexity index is 610. The summed E-state index contributed by atoms with van der Waals surface area (Å²) in [6.45, 7) is 0. The van der Waals surface area contributed by atoms with Crippen molar-refractivity contribution in [3.8, 4) is 0 Å². The minimum atomic E-state index is -0.256. The van der Waals surface area contributed by atoms with Crippen molar-refractivity contribution in [2.24, 2.45) is 0 Å². The Balaban J connectivity index is 1.87. The monoisotopic (exact) mass is 342 g/mol. The summed E-state index contributed by atoms with van der Waals surface area (Å²) in [7, 11) is 0. The third-order valence-electron chi connectivity index (χ3n) is 4.60. The first-order valence-electron chi connectivity index (χ1n) is 7.54. The Morgan fingerprint density at radius 1 is 0.952 bits per heavy atom. The molecule has 21 heavy (non-hydrogen) atoms. The van der Waals surface area contributed by atoms with Gasteiger partial charge < -0.3 is 0 Å². The lowest BCUT2D eigenvalue weighted by Gasteiger charge is -2.28. The van der Waals surface area contributed by atoms with Crippen LogP contribution in [0.4, 0.5) is 0 Å². The molecule has 1 nitrogen and oxygen atoms in total. The van der Waals surface area contributed by atoms with E-state index in [1.807, 2.05) is 42.5 Å². The standard InChI is InChI=1S/C19H19BrO/c20-17-10-8-15(9-11-17)14-18(21)19(12-4-5-13-19)16-6-2-1-3-7-16/h1-3,6-11H,4-5,12-14H2. The molecular weight excluding hydrogens is 324 g/mol. The first-order chi connectivity index (χ1) is 10.2. The average molecular weight is 343 g/mol. The molecule has 0 radical (unpaired) electrons. The van der Waals surface area contributed by atoms with Crippen LogP contribution in [0, 0.1) is 0 Å². The maximum atomic E-state index is 13.0. The molecule has 0 atom stereocenters. The largest absolute Gasteiger partial charge is 0.298 e. The number of ketones is 1. The van der Waals surface area contributed by atoms with Crippen molar-refractivity contribution in [2.45, 2.75) is 37.5 Å². The summed E-state index contributed by atoms with van der Waals surface area (Å²) in [5.74, 6) is 0.369. The van der Waals surface area contributed by atoms with Gasteiger partial charge in [0.1, 0.15) is 5.78 Å². The second kappa shape index (κ2) is 6.15. The van der Waals surface area contributed by atoms with Crippen molar-refractivity contribution in [3.05, 3.63) is 70.2 Å². The molecule has 1 aliphatic carbocycles. The van der Waals surface area contributed by atoms with E-state index in [0.717, 1.165) is 35.7 Å². The molecule has 0 spiro atoms. The topological polar surface area (TPSA) is 17.1 Å². The van der Waals surface area contributed by atoms with Gasteiger partial charge in [0, 0.05) is 10.9 Å². The second-order valence-electron chi connectivity index (χ2n) is 5.88. The normalized spacial score (nSPS) is 16.8. The minimum absolute atomic E-state index is 0.256. The molecule has 108 valence electrons. The molecule has 2 aromatic carbocycles. The van der Waals surface area contributed by atoms with Crippen LogP contribution in [0.5, 0.6) is 0 Å². The van der Waals surface area contributed by atoms with Gasteiger partial charge in [0.25, 0.3) is 0 Å². The first kappa shape index (κ1) is 14.5. The number of halogens is 1. The van der Waals surface area contributed by atoms with E-state index >= 15 is 0 Å². The Morgan fingerprint density at radius 3 is 2.19 bits per heavy atom. The third kappa shape index (κ3) is 2.96. The van der Waals surface area contributed by atoms with Crippen LogP contribution < -0.4 is 0 Å². The van der Waals surface area contributed by atoms with E-state index < -0.39 is 0 Å². The third-order valence-corrected chi connectivity index (χ3v) is 5.12. The fraction of sp³-hybridized carbons (Fsp3) is 0.316. The van der Waals surface area contributed by atoms with Crippen LogP contribution in [0.25, 0.3) is 0 Å². The van der Waals surface area contributed by atoms with Crippen LogP contribution in [-0.4, -0.2) is 5.78 Å². The molecule has 0 N–H and O–H groups in total. The fourth-order valence-corrected chi connectivity index (χ4v) is 3.69. The highest BCUT2D eigenvalue weighted by Crippen LogP contribution is 2.42. The Hall–Kier alpha value is -1.41. The molecule has 3 rings (SSSR count). The highest BCUT2D eigenvalue weighted by molar-refractivity contribution is 9.10. The SMILES string of the molecule is O=C(Cc1ccc(Br)cc1)C1(c2ccccc2)CCCC1. The van der Waals surface area contributed by atoms with Crippen LogP contribution in [-0.2, 0) is 16.6 Å². The van der Waals surface area contributed by atoms with Gasteiger partial charge in [-0.05, 0) is 36.1 Å². The molecule has 0 saturated heterocycles. The highest BCUT2D eigenvalue weighted by atomic mass is 79.9. The average Bonchev–Trinajstić information content (AvgIpc) is 3.01. The van der Waals surface area contributed by atoms with Crippen molar-refractivity contribution in [1.29, 1.82) is 0 Å². The van der Waals surface area contributed by atoms with E-state index in [0.29, 0.717) is 12.2 Å². The van der Waals surface area contributed by atoms with Gasteiger partial charge in [0.2, 0.25) is 0 Å². The van der Waals surface area contributed by atoms with Gasteiger partial charge in [-0.25, -0.2) is 0 Å². The first-order valence-corrected chi connectivity index (χ1v) is 8.33. The lowest BCUT2D eigenvalue weighted by molar-refractivity contribution is -0.123. The molecule has 0 unspecified atom stereocenters. The van der Waals surface area contributed by atoms with Crippen molar-refractivity contribution in [2.75, 3.05) is 0 Å². The van der Waals surface area contributed by atoms with Crippen LogP contribution in [0.3, 0.4) is 0 Å². The molecule has 0 amide bonds. The van der Waals surface area contributed by atoms with E-state index in [1.54, 1.807) is 0 Å². The number of hydrogen-bond acceptors (Lipinski definition) is 1. The number of hydrogen-bond donors (Lipinski definition) is 0. The Morgan fingerprint density at radius 2 is 1.57 bits per heavy atom.